The summed E-state index contributed by atoms with van der Waals surface area (Å²) in [5.74, 6) is -0.0727. The van der Waals surface area contributed by atoms with Crippen LogP contribution in [0.2, 0.25) is 10.0 Å². The van der Waals surface area contributed by atoms with Gasteiger partial charge in [0, 0.05) is 18.0 Å². The highest BCUT2D eigenvalue weighted by molar-refractivity contribution is 6.36. The second kappa shape index (κ2) is 8.79. The SMILES string of the molecule is O=C(CCNCCc1ccccc1)Nc1ccc(Cl)cc1Cl. The van der Waals surface area contributed by atoms with Crippen LogP contribution in [0.25, 0.3) is 0 Å². The molecule has 0 saturated heterocycles. The predicted molar refractivity (Wildman–Crippen MR) is 92.7 cm³/mol. The van der Waals surface area contributed by atoms with Crippen LogP contribution in [0.4, 0.5) is 5.69 Å². The zero-order chi connectivity index (χ0) is 15.8. The van der Waals surface area contributed by atoms with Gasteiger partial charge in [-0.05, 0) is 36.7 Å². The summed E-state index contributed by atoms with van der Waals surface area (Å²) in [4.78, 5) is 11.8. The van der Waals surface area contributed by atoms with Crippen molar-refractivity contribution in [3.8, 4) is 0 Å². The first-order valence-corrected chi connectivity index (χ1v) is 7.90. The maximum Gasteiger partial charge on any atom is 0.225 e. The molecule has 0 bridgehead atoms. The lowest BCUT2D eigenvalue weighted by atomic mass is 10.1. The van der Waals surface area contributed by atoms with Crippen molar-refractivity contribution in [2.75, 3.05) is 18.4 Å². The monoisotopic (exact) mass is 336 g/mol. The Morgan fingerprint density at radius 1 is 1.00 bits per heavy atom. The summed E-state index contributed by atoms with van der Waals surface area (Å²) in [6.07, 6.45) is 1.35. The molecule has 0 radical (unpaired) electrons. The van der Waals surface area contributed by atoms with Gasteiger partial charge in [-0.2, -0.15) is 0 Å². The number of rotatable bonds is 7. The van der Waals surface area contributed by atoms with Crippen LogP contribution in [-0.2, 0) is 11.2 Å². The van der Waals surface area contributed by atoms with E-state index >= 15 is 0 Å². The molecule has 0 saturated carbocycles. The lowest BCUT2D eigenvalue weighted by Crippen LogP contribution is -2.23. The van der Waals surface area contributed by atoms with E-state index in [0.717, 1.165) is 13.0 Å². The zero-order valence-electron chi connectivity index (χ0n) is 12.1. The van der Waals surface area contributed by atoms with Gasteiger partial charge in [-0.1, -0.05) is 53.5 Å². The molecule has 0 fully saturated rings. The van der Waals surface area contributed by atoms with Crippen molar-refractivity contribution < 1.29 is 4.79 Å². The third-order valence-electron chi connectivity index (χ3n) is 3.17. The molecule has 2 N–H and O–H groups in total. The van der Waals surface area contributed by atoms with E-state index < -0.39 is 0 Å². The van der Waals surface area contributed by atoms with Gasteiger partial charge in [-0.25, -0.2) is 0 Å². The summed E-state index contributed by atoms with van der Waals surface area (Å²) in [6, 6.07) is 15.2. The van der Waals surface area contributed by atoms with Crippen molar-refractivity contribution in [3.63, 3.8) is 0 Å². The first kappa shape index (κ1) is 16.8. The van der Waals surface area contributed by atoms with E-state index in [0.29, 0.717) is 28.7 Å². The Kier molecular flexibility index (Phi) is 6.72. The maximum atomic E-state index is 11.8. The molecule has 22 heavy (non-hydrogen) atoms. The summed E-state index contributed by atoms with van der Waals surface area (Å²) in [5, 5.41) is 7.03. The lowest BCUT2D eigenvalue weighted by Gasteiger charge is -2.08. The highest BCUT2D eigenvalue weighted by Gasteiger charge is 2.06. The minimum Gasteiger partial charge on any atom is -0.325 e. The maximum absolute atomic E-state index is 11.8. The van der Waals surface area contributed by atoms with E-state index in [-0.39, 0.29) is 5.91 Å². The smallest absolute Gasteiger partial charge is 0.225 e. The van der Waals surface area contributed by atoms with Crippen molar-refractivity contribution in [2.45, 2.75) is 12.8 Å². The van der Waals surface area contributed by atoms with Crippen molar-refractivity contribution >= 4 is 34.8 Å². The average Bonchev–Trinajstić information content (AvgIpc) is 2.51. The van der Waals surface area contributed by atoms with Crippen LogP contribution in [0.15, 0.2) is 48.5 Å². The largest absolute Gasteiger partial charge is 0.325 e. The van der Waals surface area contributed by atoms with E-state index in [2.05, 4.69) is 22.8 Å². The summed E-state index contributed by atoms with van der Waals surface area (Å²) >= 11 is 11.8. The molecule has 2 aromatic carbocycles. The molecule has 5 heteroatoms. The molecule has 0 aromatic heterocycles. The first-order chi connectivity index (χ1) is 10.6. The normalized spacial score (nSPS) is 10.5. The van der Waals surface area contributed by atoms with Gasteiger partial charge in [0.05, 0.1) is 10.7 Å². The van der Waals surface area contributed by atoms with E-state index in [9.17, 15) is 4.79 Å². The molecule has 0 aliphatic heterocycles. The number of nitrogens with one attached hydrogen (secondary N) is 2. The minimum absolute atomic E-state index is 0.0727. The summed E-state index contributed by atoms with van der Waals surface area (Å²) in [6.45, 7) is 1.48. The van der Waals surface area contributed by atoms with Gasteiger partial charge >= 0.3 is 0 Å². The van der Waals surface area contributed by atoms with E-state index in [1.54, 1.807) is 18.2 Å². The van der Waals surface area contributed by atoms with Gasteiger partial charge in [-0.15, -0.1) is 0 Å². The molecule has 2 rings (SSSR count). The number of hydrogen-bond donors (Lipinski definition) is 2. The van der Waals surface area contributed by atoms with Crippen molar-refractivity contribution in [1.29, 1.82) is 0 Å². The highest BCUT2D eigenvalue weighted by Crippen LogP contribution is 2.25. The quantitative estimate of drug-likeness (QED) is 0.745. The molecule has 0 aliphatic rings. The number of halogens is 2. The Morgan fingerprint density at radius 3 is 2.50 bits per heavy atom. The molecule has 0 spiro atoms. The van der Waals surface area contributed by atoms with Crippen molar-refractivity contribution in [1.82, 2.24) is 5.32 Å². The third kappa shape index (κ3) is 5.68. The summed E-state index contributed by atoms with van der Waals surface area (Å²) in [7, 11) is 0. The van der Waals surface area contributed by atoms with Gasteiger partial charge in [0.2, 0.25) is 5.91 Å². The second-order valence-electron chi connectivity index (χ2n) is 4.91. The van der Waals surface area contributed by atoms with Gasteiger partial charge in [-0.3, -0.25) is 4.79 Å². The van der Waals surface area contributed by atoms with E-state index in [1.807, 2.05) is 18.2 Å². The predicted octanol–water partition coefficient (Wildman–Crippen LogP) is 4.15. The average molecular weight is 337 g/mol. The number of carbonyl (C=O) groups is 1. The van der Waals surface area contributed by atoms with Crippen LogP contribution in [-0.4, -0.2) is 19.0 Å². The third-order valence-corrected chi connectivity index (χ3v) is 3.72. The van der Waals surface area contributed by atoms with Crippen LogP contribution in [0.3, 0.4) is 0 Å². The van der Waals surface area contributed by atoms with Crippen LogP contribution in [0.1, 0.15) is 12.0 Å². The number of benzene rings is 2. The summed E-state index contributed by atoms with van der Waals surface area (Å²) in [5.41, 5.74) is 1.87. The van der Waals surface area contributed by atoms with Crippen molar-refractivity contribution in [3.05, 3.63) is 64.1 Å². The van der Waals surface area contributed by atoms with Crippen LogP contribution >= 0.6 is 23.2 Å². The molecule has 0 heterocycles. The molecule has 1 amide bonds. The fraction of sp³-hybridized carbons (Fsp3) is 0.235. The molecular weight excluding hydrogens is 319 g/mol. The Hall–Kier alpha value is -1.55. The molecule has 0 atom stereocenters. The Morgan fingerprint density at radius 2 is 1.77 bits per heavy atom. The van der Waals surface area contributed by atoms with Gasteiger partial charge in [0.15, 0.2) is 0 Å². The standard InChI is InChI=1S/C17H18Cl2N2O/c18-14-6-7-16(15(19)12-14)21-17(22)9-11-20-10-8-13-4-2-1-3-5-13/h1-7,12,20H,8-11H2,(H,21,22). The molecular formula is C17H18Cl2N2O. The number of carbonyl (C=O) groups excluding carboxylic acids is 1. The van der Waals surface area contributed by atoms with Gasteiger partial charge in [0.1, 0.15) is 0 Å². The zero-order valence-corrected chi connectivity index (χ0v) is 13.6. The Labute approximate surface area is 140 Å². The lowest BCUT2D eigenvalue weighted by molar-refractivity contribution is -0.116. The molecule has 0 unspecified atom stereocenters. The molecule has 116 valence electrons. The number of amides is 1. The fourth-order valence-electron chi connectivity index (χ4n) is 2.01. The Balaban J connectivity index is 1.65. The van der Waals surface area contributed by atoms with Crippen LogP contribution < -0.4 is 10.6 Å². The fourth-order valence-corrected chi connectivity index (χ4v) is 2.46. The minimum atomic E-state index is -0.0727. The Bertz CT molecular complexity index is 617. The number of anilines is 1. The highest BCUT2D eigenvalue weighted by atomic mass is 35.5. The van der Waals surface area contributed by atoms with Crippen molar-refractivity contribution in [2.24, 2.45) is 0 Å². The van der Waals surface area contributed by atoms with Crippen LogP contribution in [0, 0.1) is 0 Å². The van der Waals surface area contributed by atoms with E-state index in [1.165, 1.54) is 5.56 Å². The first-order valence-electron chi connectivity index (χ1n) is 7.15. The topological polar surface area (TPSA) is 41.1 Å². The summed E-state index contributed by atoms with van der Waals surface area (Å²) < 4.78 is 0. The van der Waals surface area contributed by atoms with Gasteiger partial charge in [0.25, 0.3) is 0 Å². The van der Waals surface area contributed by atoms with Gasteiger partial charge < -0.3 is 10.6 Å². The molecule has 2 aromatic rings. The second-order valence-corrected chi connectivity index (χ2v) is 5.75. The van der Waals surface area contributed by atoms with E-state index in [4.69, 9.17) is 23.2 Å². The molecule has 3 nitrogen and oxygen atoms in total. The molecule has 0 aliphatic carbocycles. The van der Waals surface area contributed by atoms with Crippen LogP contribution in [0.5, 0.6) is 0 Å². The number of hydrogen-bond acceptors (Lipinski definition) is 2.